The summed E-state index contributed by atoms with van der Waals surface area (Å²) < 4.78 is 2.24. The van der Waals surface area contributed by atoms with Crippen LogP contribution in [0.3, 0.4) is 0 Å². The van der Waals surface area contributed by atoms with Gasteiger partial charge in [0.1, 0.15) is 0 Å². The molecular weight excluding hydrogens is 266 g/mol. The van der Waals surface area contributed by atoms with Crippen LogP contribution >= 0.6 is 11.3 Å². The van der Waals surface area contributed by atoms with Gasteiger partial charge in [-0.2, -0.15) is 0 Å². The lowest BCUT2D eigenvalue weighted by Crippen LogP contribution is -2.20. The average molecular weight is 291 g/mol. The molecule has 4 heteroatoms. The second kappa shape index (κ2) is 4.31. The first kappa shape index (κ1) is 14.1. The molecule has 0 radical (unpaired) electrons. The van der Waals surface area contributed by atoms with E-state index in [9.17, 15) is 0 Å². The monoisotopic (exact) mass is 291 g/mol. The summed E-state index contributed by atoms with van der Waals surface area (Å²) in [6.07, 6.45) is 2.20. The predicted octanol–water partition coefficient (Wildman–Crippen LogP) is 3.78. The second-order valence-corrected chi connectivity index (χ2v) is 8.48. The van der Waals surface area contributed by atoms with E-state index in [-0.39, 0.29) is 0 Å². The number of hydrogen-bond acceptors (Lipinski definition) is 3. The summed E-state index contributed by atoms with van der Waals surface area (Å²) in [5.74, 6) is 0.767. The van der Waals surface area contributed by atoms with E-state index in [1.165, 1.54) is 10.6 Å². The first-order valence-corrected chi connectivity index (χ1v) is 8.21. The van der Waals surface area contributed by atoms with Crippen LogP contribution in [0.25, 0.3) is 4.96 Å². The molecule has 2 aromatic rings. The van der Waals surface area contributed by atoms with Crippen LogP contribution < -0.4 is 5.32 Å². The summed E-state index contributed by atoms with van der Waals surface area (Å²) in [6.45, 7) is 15.8. The highest BCUT2D eigenvalue weighted by Gasteiger charge is 2.63. The van der Waals surface area contributed by atoms with Crippen molar-refractivity contribution in [1.29, 1.82) is 0 Å². The van der Waals surface area contributed by atoms with E-state index in [2.05, 4.69) is 62.4 Å². The standard InChI is InChI=1S/C16H25N3S/c1-10-9-19-12(11(2)18-14(19)20-10)7-17-8-13-15(3,4)16(13,5)6/h9,13,17H,7-8H2,1-6H3. The highest BCUT2D eigenvalue weighted by atomic mass is 32.1. The predicted molar refractivity (Wildman–Crippen MR) is 85.3 cm³/mol. The van der Waals surface area contributed by atoms with E-state index < -0.39 is 0 Å². The number of nitrogens with zero attached hydrogens (tertiary/aromatic N) is 2. The van der Waals surface area contributed by atoms with Gasteiger partial charge in [0.25, 0.3) is 0 Å². The average Bonchev–Trinajstić information content (AvgIpc) is 2.67. The number of aromatic nitrogens is 2. The molecule has 3 rings (SSSR count). The molecule has 20 heavy (non-hydrogen) atoms. The van der Waals surface area contributed by atoms with Crippen molar-refractivity contribution in [2.24, 2.45) is 16.7 Å². The Bertz CT molecular complexity index is 634. The normalized spacial score (nSPS) is 20.7. The Hall–Kier alpha value is -0.870. The number of imidazole rings is 1. The molecule has 1 N–H and O–H groups in total. The Morgan fingerprint density at radius 3 is 2.50 bits per heavy atom. The van der Waals surface area contributed by atoms with Gasteiger partial charge in [-0.1, -0.05) is 27.7 Å². The van der Waals surface area contributed by atoms with Crippen LogP contribution in [0.1, 0.15) is 44.0 Å². The minimum Gasteiger partial charge on any atom is -0.311 e. The molecule has 1 saturated carbocycles. The largest absolute Gasteiger partial charge is 0.311 e. The number of rotatable bonds is 4. The van der Waals surface area contributed by atoms with Crippen molar-refractivity contribution in [3.05, 3.63) is 22.5 Å². The van der Waals surface area contributed by atoms with Crippen molar-refractivity contribution >= 4 is 16.3 Å². The summed E-state index contributed by atoms with van der Waals surface area (Å²) in [5, 5.41) is 3.65. The van der Waals surface area contributed by atoms with Gasteiger partial charge in [0.15, 0.2) is 4.96 Å². The maximum absolute atomic E-state index is 4.65. The fraction of sp³-hybridized carbons (Fsp3) is 0.688. The molecule has 0 saturated heterocycles. The van der Waals surface area contributed by atoms with Crippen LogP contribution in [0.2, 0.25) is 0 Å². The van der Waals surface area contributed by atoms with Gasteiger partial charge in [-0.3, -0.25) is 4.40 Å². The van der Waals surface area contributed by atoms with E-state index in [0.29, 0.717) is 10.8 Å². The van der Waals surface area contributed by atoms with Crippen molar-refractivity contribution in [2.75, 3.05) is 6.54 Å². The van der Waals surface area contributed by atoms with E-state index >= 15 is 0 Å². The van der Waals surface area contributed by atoms with Crippen LogP contribution in [-0.2, 0) is 6.54 Å². The van der Waals surface area contributed by atoms with Crippen LogP contribution in [0, 0.1) is 30.6 Å². The quantitative estimate of drug-likeness (QED) is 0.929. The number of aryl methyl sites for hydroxylation is 2. The molecule has 110 valence electrons. The van der Waals surface area contributed by atoms with Crippen LogP contribution in [0.15, 0.2) is 6.20 Å². The fourth-order valence-corrected chi connectivity index (χ4v) is 4.39. The van der Waals surface area contributed by atoms with Gasteiger partial charge in [0.2, 0.25) is 0 Å². The maximum Gasteiger partial charge on any atom is 0.194 e. The van der Waals surface area contributed by atoms with Crippen molar-refractivity contribution in [3.8, 4) is 0 Å². The first-order valence-electron chi connectivity index (χ1n) is 7.40. The van der Waals surface area contributed by atoms with E-state index in [0.717, 1.165) is 29.7 Å². The van der Waals surface area contributed by atoms with Gasteiger partial charge in [-0.05, 0) is 37.1 Å². The third-order valence-electron chi connectivity index (χ3n) is 5.70. The zero-order chi connectivity index (χ0) is 14.7. The molecule has 0 aromatic carbocycles. The van der Waals surface area contributed by atoms with E-state index in [1.54, 1.807) is 11.3 Å². The number of hydrogen-bond donors (Lipinski definition) is 1. The minimum atomic E-state index is 0.459. The van der Waals surface area contributed by atoms with Gasteiger partial charge in [-0.15, -0.1) is 11.3 Å². The van der Waals surface area contributed by atoms with Gasteiger partial charge in [0.05, 0.1) is 11.4 Å². The number of thiazole rings is 1. The fourth-order valence-electron chi connectivity index (χ4n) is 3.50. The third kappa shape index (κ3) is 1.92. The van der Waals surface area contributed by atoms with Gasteiger partial charge < -0.3 is 5.32 Å². The number of nitrogens with one attached hydrogen (secondary N) is 1. The van der Waals surface area contributed by atoms with Crippen LogP contribution in [0.4, 0.5) is 0 Å². The molecule has 2 heterocycles. The molecule has 0 aliphatic heterocycles. The molecule has 0 bridgehead atoms. The highest BCUT2D eigenvalue weighted by molar-refractivity contribution is 7.17. The van der Waals surface area contributed by atoms with E-state index in [4.69, 9.17) is 0 Å². The van der Waals surface area contributed by atoms with Crippen molar-refractivity contribution in [3.63, 3.8) is 0 Å². The van der Waals surface area contributed by atoms with Gasteiger partial charge >= 0.3 is 0 Å². The summed E-state index contributed by atoms with van der Waals surface area (Å²) in [7, 11) is 0. The Kier molecular flexibility index (Phi) is 3.04. The summed E-state index contributed by atoms with van der Waals surface area (Å²) in [6, 6.07) is 0. The SMILES string of the molecule is Cc1cn2c(CNCC3C(C)(C)C3(C)C)c(C)nc2s1. The molecule has 2 aromatic heterocycles. The summed E-state index contributed by atoms with van der Waals surface area (Å²) in [5.41, 5.74) is 3.38. The molecule has 0 amide bonds. The van der Waals surface area contributed by atoms with Gasteiger partial charge in [0, 0.05) is 17.6 Å². The molecule has 3 nitrogen and oxygen atoms in total. The number of fused-ring (bicyclic) bond motifs is 1. The molecule has 1 aliphatic carbocycles. The smallest absolute Gasteiger partial charge is 0.194 e. The van der Waals surface area contributed by atoms with Crippen LogP contribution in [0.5, 0.6) is 0 Å². The second-order valence-electron chi connectivity index (χ2n) is 7.27. The minimum absolute atomic E-state index is 0.459. The Morgan fingerprint density at radius 2 is 1.90 bits per heavy atom. The lowest BCUT2D eigenvalue weighted by molar-refractivity contribution is 0.457. The van der Waals surface area contributed by atoms with E-state index in [1.807, 2.05) is 0 Å². The molecule has 1 aliphatic rings. The molecule has 0 unspecified atom stereocenters. The Morgan fingerprint density at radius 1 is 1.25 bits per heavy atom. The molecule has 1 fully saturated rings. The summed E-state index contributed by atoms with van der Waals surface area (Å²) in [4.78, 5) is 7.08. The molecule has 0 spiro atoms. The Labute approximate surface area is 125 Å². The van der Waals surface area contributed by atoms with Crippen molar-refractivity contribution < 1.29 is 0 Å². The van der Waals surface area contributed by atoms with Crippen LogP contribution in [-0.4, -0.2) is 15.9 Å². The maximum atomic E-state index is 4.65. The molecular formula is C16H25N3S. The molecule has 0 atom stereocenters. The lowest BCUT2D eigenvalue weighted by Gasteiger charge is -2.06. The lowest BCUT2D eigenvalue weighted by atomic mass is 10.0. The van der Waals surface area contributed by atoms with Gasteiger partial charge in [-0.25, -0.2) is 4.98 Å². The topological polar surface area (TPSA) is 29.3 Å². The van der Waals surface area contributed by atoms with Crippen molar-refractivity contribution in [2.45, 2.75) is 48.1 Å². The first-order chi connectivity index (χ1) is 9.25. The Balaban J connectivity index is 1.68. The van der Waals surface area contributed by atoms with Crippen molar-refractivity contribution in [1.82, 2.24) is 14.7 Å². The summed E-state index contributed by atoms with van der Waals surface area (Å²) >= 11 is 1.76. The zero-order valence-corrected chi connectivity index (χ0v) is 14.2. The zero-order valence-electron chi connectivity index (χ0n) is 13.4. The highest BCUT2D eigenvalue weighted by Crippen LogP contribution is 2.67. The third-order valence-corrected chi connectivity index (χ3v) is 6.60.